The van der Waals surface area contributed by atoms with E-state index in [0.717, 1.165) is 24.1 Å². The van der Waals surface area contributed by atoms with Crippen LogP contribution >= 0.6 is 11.6 Å². The van der Waals surface area contributed by atoms with Crippen molar-refractivity contribution in [1.82, 2.24) is 0 Å². The van der Waals surface area contributed by atoms with E-state index in [1.807, 2.05) is 24.3 Å². The number of amides is 1. The Morgan fingerprint density at radius 2 is 1.80 bits per heavy atom. The summed E-state index contributed by atoms with van der Waals surface area (Å²) >= 11 is 5.96. The number of hydrogen-bond donors (Lipinski definition) is 1. The molecule has 154 valence electrons. The fourth-order valence-electron chi connectivity index (χ4n) is 3.65. The summed E-state index contributed by atoms with van der Waals surface area (Å²) in [5.74, 6) is -0.271. The van der Waals surface area contributed by atoms with Crippen LogP contribution in [-0.2, 0) is 22.2 Å². The molecule has 0 fully saturated rings. The Balaban J connectivity index is 1.59. The van der Waals surface area contributed by atoms with E-state index in [0.29, 0.717) is 28.4 Å². The maximum absolute atomic E-state index is 13.0. The third-order valence-electron chi connectivity index (χ3n) is 4.99. The molecule has 0 unspecified atom stereocenters. The molecule has 5 nitrogen and oxygen atoms in total. The Bertz CT molecular complexity index is 1180. The standard InChI is InChI=1S/C23H21ClN2O3S/c24-20-10-4-6-17(14-20)16-30(28,29)25-21-12-11-18-9-5-13-26(22(18)15-21)23(27)19-7-2-1-3-8-19/h1-4,6-8,10-12,14-15,25H,5,9,13,16H2. The number of rotatable bonds is 5. The maximum atomic E-state index is 13.0. The minimum atomic E-state index is -3.63. The SMILES string of the molecule is O=C(c1ccccc1)N1CCCc2ccc(NS(=O)(=O)Cc3cccc(Cl)c3)cc21. The summed E-state index contributed by atoms with van der Waals surface area (Å²) in [7, 11) is -3.63. The van der Waals surface area contributed by atoms with Gasteiger partial charge in [0.05, 0.1) is 11.4 Å². The average molecular weight is 441 g/mol. The molecule has 0 saturated heterocycles. The van der Waals surface area contributed by atoms with Crippen molar-refractivity contribution in [3.05, 3.63) is 94.5 Å². The van der Waals surface area contributed by atoms with E-state index < -0.39 is 10.0 Å². The monoisotopic (exact) mass is 440 g/mol. The zero-order valence-electron chi connectivity index (χ0n) is 16.2. The molecule has 0 aliphatic carbocycles. The van der Waals surface area contributed by atoms with E-state index in [-0.39, 0.29) is 11.7 Å². The summed E-state index contributed by atoms with van der Waals surface area (Å²) in [6, 6.07) is 21.2. The third-order valence-corrected chi connectivity index (χ3v) is 6.48. The van der Waals surface area contributed by atoms with Gasteiger partial charge in [-0.3, -0.25) is 9.52 Å². The van der Waals surface area contributed by atoms with Gasteiger partial charge in [-0.25, -0.2) is 8.42 Å². The van der Waals surface area contributed by atoms with E-state index in [1.54, 1.807) is 53.4 Å². The fourth-order valence-corrected chi connectivity index (χ4v) is 5.04. The highest BCUT2D eigenvalue weighted by Crippen LogP contribution is 2.32. The molecule has 7 heteroatoms. The summed E-state index contributed by atoms with van der Waals surface area (Å²) in [4.78, 5) is 14.7. The molecule has 1 heterocycles. The number of sulfonamides is 1. The van der Waals surface area contributed by atoms with Crippen molar-refractivity contribution >= 4 is 38.9 Å². The molecule has 1 aliphatic rings. The molecule has 0 aromatic heterocycles. The van der Waals surface area contributed by atoms with Crippen LogP contribution in [0.25, 0.3) is 0 Å². The number of carbonyl (C=O) groups excluding carboxylic acids is 1. The summed E-state index contributed by atoms with van der Waals surface area (Å²) in [5.41, 5.74) is 3.43. The van der Waals surface area contributed by atoms with E-state index >= 15 is 0 Å². The third kappa shape index (κ3) is 4.66. The zero-order chi connectivity index (χ0) is 21.1. The van der Waals surface area contributed by atoms with Crippen molar-refractivity contribution in [1.29, 1.82) is 0 Å². The van der Waals surface area contributed by atoms with Crippen LogP contribution in [0, 0.1) is 0 Å². The first-order valence-corrected chi connectivity index (χ1v) is 11.7. The number of nitrogens with zero attached hydrogens (tertiary/aromatic N) is 1. The molecule has 0 radical (unpaired) electrons. The molecule has 1 aliphatic heterocycles. The predicted molar refractivity (Wildman–Crippen MR) is 121 cm³/mol. The number of nitrogens with one attached hydrogen (secondary N) is 1. The summed E-state index contributed by atoms with van der Waals surface area (Å²) in [6.07, 6.45) is 1.72. The van der Waals surface area contributed by atoms with Crippen LogP contribution in [0.1, 0.15) is 27.9 Å². The van der Waals surface area contributed by atoms with Gasteiger partial charge in [0.25, 0.3) is 5.91 Å². The Labute approximate surface area is 181 Å². The lowest BCUT2D eigenvalue weighted by atomic mass is 10.00. The number of halogens is 1. The van der Waals surface area contributed by atoms with Crippen molar-refractivity contribution in [2.24, 2.45) is 0 Å². The fraction of sp³-hybridized carbons (Fsp3) is 0.174. The quantitative estimate of drug-likeness (QED) is 0.615. The molecule has 0 bridgehead atoms. The lowest BCUT2D eigenvalue weighted by molar-refractivity contribution is 0.0985. The number of benzene rings is 3. The van der Waals surface area contributed by atoms with Crippen molar-refractivity contribution in [2.45, 2.75) is 18.6 Å². The summed E-state index contributed by atoms with van der Waals surface area (Å²) < 4.78 is 27.9. The van der Waals surface area contributed by atoms with Gasteiger partial charge in [0.15, 0.2) is 0 Å². The first-order valence-electron chi connectivity index (χ1n) is 9.66. The van der Waals surface area contributed by atoms with Gasteiger partial charge < -0.3 is 4.90 Å². The van der Waals surface area contributed by atoms with Crippen LogP contribution in [0.4, 0.5) is 11.4 Å². The molecular formula is C23H21ClN2O3S. The van der Waals surface area contributed by atoms with Gasteiger partial charge in [-0.2, -0.15) is 0 Å². The first-order chi connectivity index (χ1) is 14.4. The average Bonchev–Trinajstić information content (AvgIpc) is 2.73. The van der Waals surface area contributed by atoms with E-state index in [9.17, 15) is 13.2 Å². The number of aryl methyl sites for hydroxylation is 1. The largest absolute Gasteiger partial charge is 0.308 e. The van der Waals surface area contributed by atoms with Gasteiger partial charge in [0.2, 0.25) is 10.0 Å². The highest BCUT2D eigenvalue weighted by atomic mass is 35.5. The molecule has 4 rings (SSSR count). The highest BCUT2D eigenvalue weighted by molar-refractivity contribution is 7.91. The second kappa shape index (κ2) is 8.50. The van der Waals surface area contributed by atoms with Gasteiger partial charge in [0, 0.05) is 22.8 Å². The molecule has 0 atom stereocenters. The molecule has 0 spiro atoms. The van der Waals surface area contributed by atoms with Crippen LogP contribution in [0.2, 0.25) is 5.02 Å². The number of hydrogen-bond acceptors (Lipinski definition) is 3. The second-order valence-corrected chi connectivity index (χ2v) is 9.42. The Kier molecular flexibility index (Phi) is 5.79. The Hall–Kier alpha value is -2.83. The van der Waals surface area contributed by atoms with Crippen LogP contribution in [0.3, 0.4) is 0 Å². The van der Waals surface area contributed by atoms with Crippen LogP contribution in [-0.4, -0.2) is 20.9 Å². The van der Waals surface area contributed by atoms with Gasteiger partial charge in [-0.15, -0.1) is 0 Å². The van der Waals surface area contributed by atoms with Gasteiger partial charge in [0.1, 0.15) is 0 Å². The highest BCUT2D eigenvalue weighted by Gasteiger charge is 2.24. The molecule has 30 heavy (non-hydrogen) atoms. The Morgan fingerprint density at radius 1 is 1.00 bits per heavy atom. The minimum absolute atomic E-state index is 0.0875. The number of fused-ring (bicyclic) bond motifs is 1. The lowest BCUT2D eigenvalue weighted by Crippen LogP contribution is -2.35. The number of carbonyl (C=O) groups is 1. The van der Waals surface area contributed by atoms with Crippen LogP contribution in [0.15, 0.2) is 72.8 Å². The van der Waals surface area contributed by atoms with Gasteiger partial charge in [-0.05, 0) is 60.4 Å². The van der Waals surface area contributed by atoms with E-state index in [2.05, 4.69) is 4.72 Å². The number of anilines is 2. The maximum Gasteiger partial charge on any atom is 0.258 e. The van der Waals surface area contributed by atoms with Gasteiger partial charge >= 0.3 is 0 Å². The van der Waals surface area contributed by atoms with E-state index in [4.69, 9.17) is 11.6 Å². The predicted octanol–water partition coefficient (Wildman–Crippen LogP) is 4.87. The van der Waals surface area contributed by atoms with Crippen molar-refractivity contribution in [3.8, 4) is 0 Å². The molecule has 1 N–H and O–H groups in total. The lowest BCUT2D eigenvalue weighted by Gasteiger charge is -2.30. The van der Waals surface area contributed by atoms with Crippen LogP contribution < -0.4 is 9.62 Å². The van der Waals surface area contributed by atoms with Crippen molar-refractivity contribution in [3.63, 3.8) is 0 Å². The molecule has 3 aromatic carbocycles. The van der Waals surface area contributed by atoms with Crippen molar-refractivity contribution < 1.29 is 13.2 Å². The van der Waals surface area contributed by atoms with E-state index in [1.165, 1.54) is 0 Å². The molecular weight excluding hydrogens is 420 g/mol. The Morgan fingerprint density at radius 3 is 2.57 bits per heavy atom. The van der Waals surface area contributed by atoms with Crippen LogP contribution in [0.5, 0.6) is 0 Å². The normalized spacial score (nSPS) is 13.6. The summed E-state index contributed by atoms with van der Waals surface area (Å²) in [5, 5.41) is 0.492. The van der Waals surface area contributed by atoms with Crippen molar-refractivity contribution in [2.75, 3.05) is 16.2 Å². The molecule has 0 saturated carbocycles. The molecule has 1 amide bonds. The zero-order valence-corrected chi connectivity index (χ0v) is 17.8. The summed E-state index contributed by atoms with van der Waals surface area (Å²) in [6.45, 7) is 0.597. The second-order valence-electron chi connectivity index (χ2n) is 7.26. The van der Waals surface area contributed by atoms with Gasteiger partial charge in [-0.1, -0.05) is 48.0 Å². The smallest absolute Gasteiger partial charge is 0.258 e. The topological polar surface area (TPSA) is 66.5 Å². The minimum Gasteiger partial charge on any atom is -0.308 e. The molecule has 3 aromatic rings. The first kappa shape index (κ1) is 20.4.